The Bertz CT molecular complexity index is 606. The van der Waals surface area contributed by atoms with Crippen LogP contribution in [0, 0.1) is 0 Å². The van der Waals surface area contributed by atoms with Crippen molar-refractivity contribution in [1.29, 1.82) is 0 Å². The molecule has 0 spiro atoms. The van der Waals surface area contributed by atoms with Crippen molar-refractivity contribution in [3.8, 4) is 5.75 Å². The summed E-state index contributed by atoms with van der Waals surface area (Å²) in [7, 11) is 0. The fourth-order valence-electron chi connectivity index (χ4n) is 1.91. The van der Waals surface area contributed by atoms with E-state index in [4.69, 9.17) is 4.74 Å². The third kappa shape index (κ3) is 4.21. The molecule has 1 aromatic carbocycles. The molecule has 110 valence electrons. The lowest BCUT2D eigenvalue weighted by molar-refractivity contribution is -0.117. The van der Waals surface area contributed by atoms with Crippen LogP contribution in [0.5, 0.6) is 5.75 Å². The number of hydrogen-bond acceptors (Lipinski definition) is 3. The molecule has 0 aliphatic heterocycles. The minimum absolute atomic E-state index is 0.0944. The number of rotatable bonds is 6. The summed E-state index contributed by atoms with van der Waals surface area (Å²) in [6.07, 6.45) is 6.72. The number of aromatic nitrogens is 2. The predicted molar refractivity (Wildman–Crippen MR) is 81.8 cm³/mol. The number of nitrogens with one attached hydrogen (secondary N) is 2. The molecular weight excluding hydrogens is 266 g/mol. The highest BCUT2D eigenvalue weighted by Gasteiger charge is 2.08. The Hall–Kier alpha value is -2.56. The van der Waals surface area contributed by atoms with Gasteiger partial charge in [-0.2, -0.15) is 5.10 Å². The van der Waals surface area contributed by atoms with Gasteiger partial charge < -0.3 is 10.1 Å². The van der Waals surface area contributed by atoms with E-state index >= 15 is 0 Å². The minimum atomic E-state index is -0.157. The van der Waals surface area contributed by atoms with Crippen LogP contribution in [-0.2, 0) is 4.79 Å². The number of benzene rings is 1. The van der Waals surface area contributed by atoms with Crippen molar-refractivity contribution in [3.63, 3.8) is 0 Å². The number of para-hydroxylation sites is 1. The largest absolute Gasteiger partial charge is 0.493 e. The van der Waals surface area contributed by atoms with Crippen molar-refractivity contribution in [1.82, 2.24) is 15.5 Å². The zero-order valence-corrected chi connectivity index (χ0v) is 12.2. The van der Waals surface area contributed by atoms with Gasteiger partial charge in [0.15, 0.2) is 0 Å². The number of carbonyl (C=O) groups excluding carboxylic acids is 1. The molecule has 21 heavy (non-hydrogen) atoms. The van der Waals surface area contributed by atoms with Gasteiger partial charge in [-0.3, -0.25) is 9.89 Å². The first-order valence-corrected chi connectivity index (χ1v) is 6.89. The first kappa shape index (κ1) is 14.8. The third-order valence-corrected chi connectivity index (χ3v) is 3.01. The van der Waals surface area contributed by atoms with Gasteiger partial charge in [-0.15, -0.1) is 0 Å². The Kier molecular flexibility index (Phi) is 5.15. The second-order valence-corrected chi connectivity index (χ2v) is 4.57. The highest BCUT2D eigenvalue weighted by atomic mass is 16.5. The molecule has 2 N–H and O–H groups in total. The Morgan fingerprint density at radius 3 is 3.00 bits per heavy atom. The molecule has 0 saturated carbocycles. The zero-order valence-electron chi connectivity index (χ0n) is 12.2. The van der Waals surface area contributed by atoms with Crippen LogP contribution in [0.3, 0.4) is 0 Å². The molecule has 1 unspecified atom stereocenters. The van der Waals surface area contributed by atoms with E-state index in [1.54, 1.807) is 18.5 Å². The Balaban J connectivity index is 1.99. The molecule has 1 aromatic heterocycles. The smallest absolute Gasteiger partial charge is 0.244 e. The molecule has 0 saturated heterocycles. The lowest BCUT2D eigenvalue weighted by Crippen LogP contribution is -2.24. The maximum Gasteiger partial charge on any atom is 0.244 e. The summed E-state index contributed by atoms with van der Waals surface area (Å²) in [6, 6.07) is 7.52. The predicted octanol–water partition coefficient (Wildman–Crippen LogP) is 2.70. The Morgan fingerprint density at radius 1 is 1.48 bits per heavy atom. The van der Waals surface area contributed by atoms with Gasteiger partial charge in [-0.05, 0) is 26.0 Å². The number of nitrogens with zero attached hydrogens (tertiary/aromatic N) is 1. The summed E-state index contributed by atoms with van der Waals surface area (Å²) in [6.45, 7) is 4.43. The highest BCUT2D eigenvalue weighted by molar-refractivity contribution is 5.92. The Morgan fingerprint density at radius 2 is 2.29 bits per heavy atom. The van der Waals surface area contributed by atoms with Crippen molar-refractivity contribution < 1.29 is 9.53 Å². The van der Waals surface area contributed by atoms with Crippen LogP contribution >= 0.6 is 0 Å². The van der Waals surface area contributed by atoms with E-state index in [1.807, 2.05) is 38.1 Å². The molecular formula is C16H19N3O2. The summed E-state index contributed by atoms with van der Waals surface area (Å²) in [5, 5.41) is 9.47. The Labute approximate surface area is 124 Å². The van der Waals surface area contributed by atoms with E-state index in [9.17, 15) is 4.79 Å². The van der Waals surface area contributed by atoms with E-state index in [0.717, 1.165) is 16.9 Å². The van der Waals surface area contributed by atoms with Crippen LogP contribution in [0.15, 0.2) is 42.7 Å². The highest BCUT2D eigenvalue weighted by Crippen LogP contribution is 2.19. The number of hydrogen-bond donors (Lipinski definition) is 2. The van der Waals surface area contributed by atoms with Crippen LogP contribution in [0.1, 0.15) is 31.0 Å². The van der Waals surface area contributed by atoms with Crippen LogP contribution < -0.4 is 10.1 Å². The van der Waals surface area contributed by atoms with Gasteiger partial charge in [0.25, 0.3) is 0 Å². The normalized spacial score (nSPS) is 12.3. The number of H-pyrrole nitrogens is 1. The summed E-state index contributed by atoms with van der Waals surface area (Å²) in [4.78, 5) is 11.9. The van der Waals surface area contributed by atoms with Crippen molar-refractivity contribution in [2.24, 2.45) is 0 Å². The standard InChI is InChI=1S/C16H19N3O2/c1-3-21-15-7-5-4-6-13(15)8-9-16(20)19-12(2)14-10-17-18-11-14/h4-12H,3H2,1-2H3,(H,17,18)(H,19,20)/b9-8+. The first-order chi connectivity index (χ1) is 10.2. The van der Waals surface area contributed by atoms with Crippen molar-refractivity contribution in [2.75, 3.05) is 6.61 Å². The van der Waals surface area contributed by atoms with Gasteiger partial charge in [-0.1, -0.05) is 18.2 Å². The number of ether oxygens (including phenoxy) is 1. The van der Waals surface area contributed by atoms with Crippen LogP contribution in [-0.4, -0.2) is 22.7 Å². The topological polar surface area (TPSA) is 67.0 Å². The van der Waals surface area contributed by atoms with E-state index in [0.29, 0.717) is 6.61 Å². The van der Waals surface area contributed by atoms with Crippen LogP contribution in [0.2, 0.25) is 0 Å². The molecule has 0 aliphatic carbocycles. The number of aromatic amines is 1. The second kappa shape index (κ2) is 7.28. The molecule has 0 radical (unpaired) electrons. The van der Waals surface area contributed by atoms with E-state index in [-0.39, 0.29) is 11.9 Å². The van der Waals surface area contributed by atoms with E-state index in [1.165, 1.54) is 6.08 Å². The SMILES string of the molecule is CCOc1ccccc1/C=C/C(=O)NC(C)c1cn[nH]c1. The molecule has 1 amide bonds. The summed E-state index contributed by atoms with van der Waals surface area (Å²) in [5.41, 5.74) is 1.82. The van der Waals surface area contributed by atoms with Gasteiger partial charge in [0.2, 0.25) is 5.91 Å². The van der Waals surface area contributed by atoms with E-state index < -0.39 is 0 Å². The molecule has 5 heteroatoms. The number of amides is 1. The maximum absolute atomic E-state index is 11.9. The van der Waals surface area contributed by atoms with Gasteiger partial charge in [-0.25, -0.2) is 0 Å². The van der Waals surface area contributed by atoms with Gasteiger partial charge in [0.1, 0.15) is 5.75 Å². The zero-order chi connectivity index (χ0) is 15.1. The second-order valence-electron chi connectivity index (χ2n) is 4.57. The van der Waals surface area contributed by atoms with Crippen molar-refractivity contribution in [3.05, 3.63) is 53.9 Å². The molecule has 2 aromatic rings. The minimum Gasteiger partial charge on any atom is -0.493 e. The van der Waals surface area contributed by atoms with Crippen LogP contribution in [0.4, 0.5) is 0 Å². The lowest BCUT2D eigenvalue weighted by atomic mass is 10.1. The number of carbonyl (C=O) groups is 1. The van der Waals surface area contributed by atoms with Crippen molar-refractivity contribution >= 4 is 12.0 Å². The fraction of sp³-hybridized carbons (Fsp3) is 0.250. The molecule has 5 nitrogen and oxygen atoms in total. The van der Waals surface area contributed by atoms with E-state index in [2.05, 4.69) is 15.5 Å². The van der Waals surface area contributed by atoms with Gasteiger partial charge in [0.05, 0.1) is 18.8 Å². The summed E-state index contributed by atoms with van der Waals surface area (Å²) in [5.74, 6) is 0.613. The monoisotopic (exact) mass is 285 g/mol. The average Bonchev–Trinajstić information content (AvgIpc) is 3.01. The average molecular weight is 285 g/mol. The molecule has 0 bridgehead atoms. The molecule has 2 rings (SSSR count). The summed E-state index contributed by atoms with van der Waals surface area (Å²) >= 11 is 0. The molecule has 0 aliphatic rings. The van der Waals surface area contributed by atoms with Crippen LogP contribution in [0.25, 0.3) is 6.08 Å². The summed E-state index contributed by atoms with van der Waals surface area (Å²) < 4.78 is 5.51. The molecule has 1 heterocycles. The van der Waals surface area contributed by atoms with Crippen molar-refractivity contribution in [2.45, 2.75) is 19.9 Å². The molecule has 0 fully saturated rings. The molecule has 1 atom stereocenters. The first-order valence-electron chi connectivity index (χ1n) is 6.89. The lowest BCUT2D eigenvalue weighted by Gasteiger charge is -2.10. The fourth-order valence-corrected chi connectivity index (χ4v) is 1.91. The van der Waals surface area contributed by atoms with Gasteiger partial charge >= 0.3 is 0 Å². The van der Waals surface area contributed by atoms with Gasteiger partial charge in [0, 0.05) is 23.4 Å². The third-order valence-electron chi connectivity index (χ3n) is 3.01. The quantitative estimate of drug-likeness (QED) is 0.802. The maximum atomic E-state index is 11.9.